The molecule has 1 aromatic carbocycles. The van der Waals surface area contributed by atoms with E-state index in [-0.39, 0.29) is 11.3 Å². The first-order chi connectivity index (χ1) is 10.1. The zero-order chi connectivity index (χ0) is 15.2. The molecule has 0 unspecified atom stereocenters. The zero-order valence-electron chi connectivity index (χ0n) is 12.1. The summed E-state index contributed by atoms with van der Waals surface area (Å²) in [6.45, 7) is 5.27. The van der Waals surface area contributed by atoms with Crippen LogP contribution in [0.25, 0.3) is 0 Å². The van der Waals surface area contributed by atoms with Gasteiger partial charge in [0.2, 0.25) is 0 Å². The molecule has 2 rings (SSSR count). The molecule has 0 aromatic heterocycles. The van der Waals surface area contributed by atoms with Crippen molar-refractivity contribution in [3.8, 4) is 5.75 Å². The Bertz CT molecular complexity index is 536. The maximum Gasteiger partial charge on any atom is 0.275 e. The van der Waals surface area contributed by atoms with Gasteiger partial charge in [0.1, 0.15) is 5.75 Å². The number of piperidine rings is 1. The fourth-order valence-electron chi connectivity index (χ4n) is 2.34. The van der Waals surface area contributed by atoms with Crippen molar-refractivity contribution in [1.29, 1.82) is 0 Å². The van der Waals surface area contributed by atoms with Crippen molar-refractivity contribution in [1.82, 2.24) is 10.3 Å². The lowest BCUT2D eigenvalue weighted by Gasteiger charge is -2.26. The van der Waals surface area contributed by atoms with E-state index in [9.17, 15) is 9.90 Å². The molecule has 1 saturated heterocycles. The van der Waals surface area contributed by atoms with Gasteiger partial charge in [-0.1, -0.05) is 22.9 Å². The average Bonchev–Trinajstić information content (AvgIpc) is 2.49. The van der Waals surface area contributed by atoms with Crippen molar-refractivity contribution in [2.24, 2.45) is 5.10 Å². The topological polar surface area (TPSA) is 64.9 Å². The Balaban J connectivity index is 1.92. The summed E-state index contributed by atoms with van der Waals surface area (Å²) in [6, 6.07) is 4.74. The number of hydrazone groups is 1. The number of halogens is 1. The average molecular weight is 354 g/mol. The van der Waals surface area contributed by atoms with Crippen molar-refractivity contribution >= 4 is 27.5 Å². The highest BCUT2D eigenvalue weighted by Crippen LogP contribution is 2.21. The molecular formula is C15H20BrN3O2. The van der Waals surface area contributed by atoms with Crippen LogP contribution in [0.1, 0.15) is 36.5 Å². The van der Waals surface area contributed by atoms with Crippen molar-refractivity contribution in [2.45, 2.75) is 26.2 Å². The van der Waals surface area contributed by atoms with Gasteiger partial charge >= 0.3 is 0 Å². The van der Waals surface area contributed by atoms with E-state index in [0.717, 1.165) is 49.1 Å². The molecule has 1 heterocycles. The molecule has 0 bridgehead atoms. The van der Waals surface area contributed by atoms with E-state index in [1.807, 2.05) is 0 Å². The van der Waals surface area contributed by atoms with Crippen LogP contribution in [-0.2, 0) is 0 Å². The number of nitrogens with zero attached hydrogens (tertiary/aromatic N) is 2. The molecular weight excluding hydrogens is 334 g/mol. The molecule has 1 aliphatic rings. The van der Waals surface area contributed by atoms with Crippen LogP contribution in [0.2, 0.25) is 0 Å². The first-order valence-corrected chi connectivity index (χ1v) is 7.96. The van der Waals surface area contributed by atoms with Crippen LogP contribution in [0, 0.1) is 0 Å². The third-order valence-corrected chi connectivity index (χ3v) is 3.99. The Labute approximate surface area is 133 Å². The van der Waals surface area contributed by atoms with Gasteiger partial charge in [0, 0.05) is 36.1 Å². The van der Waals surface area contributed by atoms with E-state index < -0.39 is 5.91 Å². The molecule has 0 spiro atoms. The van der Waals surface area contributed by atoms with E-state index in [1.54, 1.807) is 12.1 Å². The standard InChI is InChI=1S/C15H20BrN3O2/c1-2-7-19-8-5-12(6-9-19)17-18-15(21)13-10-11(16)3-4-14(13)20/h3-4,10,20H,2,5-9H2,1H3,(H,18,21). The van der Waals surface area contributed by atoms with Crippen molar-refractivity contribution in [2.75, 3.05) is 19.6 Å². The molecule has 1 fully saturated rings. The van der Waals surface area contributed by atoms with Gasteiger partial charge in [-0.05, 0) is 31.2 Å². The minimum atomic E-state index is -0.391. The molecule has 6 heteroatoms. The number of benzene rings is 1. The maximum absolute atomic E-state index is 12.0. The summed E-state index contributed by atoms with van der Waals surface area (Å²) in [6.07, 6.45) is 2.92. The molecule has 0 atom stereocenters. The van der Waals surface area contributed by atoms with E-state index in [2.05, 4.69) is 38.3 Å². The molecule has 0 aliphatic carbocycles. The van der Waals surface area contributed by atoms with E-state index in [0.29, 0.717) is 0 Å². The minimum Gasteiger partial charge on any atom is -0.507 e. The van der Waals surface area contributed by atoms with E-state index in [1.165, 1.54) is 6.07 Å². The second kappa shape index (κ2) is 7.56. The van der Waals surface area contributed by atoms with Gasteiger partial charge in [0.25, 0.3) is 5.91 Å². The number of hydrogen-bond donors (Lipinski definition) is 2. The van der Waals surface area contributed by atoms with Gasteiger partial charge in [-0.2, -0.15) is 5.10 Å². The first-order valence-electron chi connectivity index (χ1n) is 7.16. The fraction of sp³-hybridized carbons (Fsp3) is 0.467. The number of rotatable bonds is 4. The number of hydrogen-bond acceptors (Lipinski definition) is 4. The summed E-state index contributed by atoms with van der Waals surface area (Å²) < 4.78 is 0.742. The number of aromatic hydroxyl groups is 1. The monoisotopic (exact) mass is 353 g/mol. The lowest BCUT2D eigenvalue weighted by molar-refractivity contribution is 0.0951. The summed E-state index contributed by atoms with van der Waals surface area (Å²) in [5, 5.41) is 13.9. The van der Waals surface area contributed by atoms with Gasteiger partial charge in [-0.15, -0.1) is 0 Å². The predicted octanol–water partition coefficient (Wildman–Crippen LogP) is 2.75. The van der Waals surface area contributed by atoms with Crippen LogP contribution in [0.15, 0.2) is 27.8 Å². The molecule has 1 amide bonds. The van der Waals surface area contributed by atoms with Gasteiger partial charge in [-0.25, -0.2) is 5.43 Å². The lowest BCUT2D eigenvalue weighted by atomic mass is 10.1. The van der Waals surface area contributed by atoms with Crippen molar-refractivity contribution in [3.05, 3.63) is 28.2 Å². The zero-order valence-corrected chi connectivity index (χ0v) is 13.7. The molecule has 1 aliphatic heterocycles. The molecule has 0 saturated carbocycles. The van der Waals surface area contributed by atoms with Gasteiger partial charge in [0.05, 0.1) is 5.56 Å². The largest absolute Gasteiger partial charge is 0.507 e. The lowest BCUT2D eigenvalue weighted by Crippen LogP contribution is -2.35. The molecule has 2 N–H and O–H groups in total. The first kappa shape index (κ1) is 16.0. The fourth-order valence-corrected chi connectivity index (χ4v) is 2.70. The second-order valence-corrected chi connectivity index (χ2v) is 6.04. The highest BCUT2D eigenvalue weighted by molar-refractivity contribution is 9.10. The van der Waals surface area contributed by atoms with E-state index in [4.69, 9.17) is 0 Å². The highest BCUT2D eigenvalue weighted by atomic mass is 79.9. The summed E-state index contributed by atoms with van der Waals surface area (Å²) in [5.41, 5.74) is 3.76. The van der Waals surface area contributed by atoms with Crippen molar-refractivity contribution < 1.29 is 9.90 Å². The summed E-state index contributed by atoms with van der Waals surface area (Å²) >= 11 is 3.28. The van der Waals surface area contributed by atoms with Gasteiger partial charge in [0.15, 0.2) is 0 Å². The normalized spacial score (nSPS) is 15.8. The third kappa shape index (κ3) is 4.54. The van der Waals surface area contributed by atoms with Crippen molar-refractivity contribution in [3.63, 3.8) is 0 Å². The third-order valence-electron chi connectivity index (χ3n) is 3.49. The number of phenolic OH excluding ortho intramolecular Hbond substituents is 1. The minimum absolute atomic E-state index is 0.0475. The molecule has 0 radical (unpaired) electrons. The smallest absolute Gasteiger partial charge is 0.275 e. The van der Waals surface area contributed by atoms with Crippen LogP contribution < -0.4 is 5.43 Å². The number of carbonyl (C=O) groups excluding carboxylic acids is 1. The van der Waals surface area contributed by atoms with Crippen LogP contribution in [-0.4, -0.2) is 41.3 Å². The summed E-state index contributed by atoms with van der Waals surface area (Å²) in [5.74, 6) is -0.439. The summed E-state index contributed by atoms with van der Waals surface area (Å²) in [4.78, 5) is 14.4. The number of likely N-dealkylation sites (tertiary alicyclic amines) is 1. The van der Waals surface area contributed by atoms with Crippen LogP contribution in [0.5, 0.6) is 5.75 Å². The number of amides is 1. The number of phenols is 1. The Morgan fingerprint density at radius 1 is 1.43 bits per heavy atom. The number of carbonyl (C=O) groups is 1. The molecule has 21 heavy (non-hydrogen) atoms. The second-order valence-electron chi connectivity index (χ2n) is 5.12. The maximum atomic E-state index is 12.0. The Morgan fingerprint density at radius 2 is 2.14 bits per heavy atom. The van der Waals surface area contributed by atoms with Crippen LogP contribution in [0.4, 0.5) is 0 Å². The highest BCUT2D eigenvalue weighted by Gasteiger charge is 2.15. The summed E-state index contributed by atoms with van der Waals surface area (Å²) in [7, 11) is 0. The molecule has 114 valence electrons. The van der Waals surface area contributed by atoms with Gasteiger partial charge < -0.3 is 10.0 Å². The quantitative estimate of drug-likeness (QED) is 0.818. The van der Waals surface area contributed by atoms with Gasteiger partial charge in [-0.3, -0.25) is 4.79 Å². The van der Waals surface area contributed by atoms with E-state index >= 15 is 0 Å². The van der Waals surface area contributed by atoms with Crippen LogP contribution >= 0.6 is 15.9 Å². The SMILES string of the molecule is CCCN1CCC(=NNC(=O)c2cc(Br)ccc2O)CC1. The Morgan fingerprint density at radius 3 is 2.81 bits per heavy atom. The Kier molecular flexibility index (Phi) is 5.76. The molecule has 5 nitrogen and oxygen atoms in total. The van der Waals surface area contributed by atoms with Crippen LogP contribution in [0.3, 0.4) is 0 Å². The predicted molar refractivity (Wildman–Crippen MR) is 86.7 cm³/mol. The molecule has 1 aromatic rings. The Hall–Kier alpha value is -1.40. The number of nitrogens with one attached hydrogen (secondary N) is 1.